The van der Waals surface area contributed by atoms with E-state index in [0.29, 0.717) is 11.5 Å². The second-order valence-electron chi connectivity index (χ2n) is 3.05. The van der Waals surface area contributed by atoms with Crippen molar-refractivity contribution in [3.63, 3.8) is 0 Å². The third kappa shape index (κ3) is 1.98. The van der Waals surface area contributed by atoms with E-state index < -0.39 is 0 Å². The lowest BCUT2D eigenvalue weighted by atomic mass is 10.3. The van der Waals surface area contributed by atoms with E-state index in [2.05, 4.69) is 10.2 Å². The summed E-state index contributed by atoms with van der Waals surface area (Å²) in [6.45, 7) is 0. The molecule has 2 aromatic rings. The maximum atomic E-state index is 10.6. The van der Waals surface area contributed by atoms with Crippen molar-refractivity contribution in [3.8, 4) is 11.5 Å². The van der Waals surface area contributed by atoms with Crippen molar-refractivity contribution >= 4 is 11.5 Å². The monoisotopic (exact) mass is 215 g/mol. The minimum absolute atomic E-state index is 0.0198. The molecule has 0 bridgehead atoms. The van der Waals surface area contributed by atoms with Crippen LogP contribution in [0.2, 0.25) is 0 Å². The number of nitrogens with two attached hydrogens (primary N) is 1. The van der Waals surface area contributed by atoms with Gasteiger partial charge in [0.25, 0.3) is 0 Å². The number of rotatable bonds is 3. The Kier molecular flexibility index (Phi) is 2.77. The minimum atomic E-state index is 0.0198. The number of nitrogens with zero attached hydrogens (tertiary/aromatic N) is 2. The minimum Gasteiger partial charge on any atom is -0.455 e. The van der Waals surface area contributed by atoms with Crippen LogP contribution in [0, 0.1) is 4.91 Å². The normalized spacial score (nSPS) is 9.75. The maximum Gasteiger partial charge on any atom is 0.192 e. The number of aromatic nitrogens is 1. The first-order chi connectivity index (χ1) is 7.81. The average Bonchev–Trinajstić information content (AvgIpc) is 2.31. The number of hydrogen-bond acceptors (Lipinski definition) is 5. The summed E-state index contributed by atoms with van der Waals surface area (Å²) in [6.07, 6.45) is 1.46. The number of anilines is 1. The standard InChI is InChI=1S/C11H9N3O2/c12-11-10(14-15)9(6-7-13-11)16-8-4-2-1-3-5-8/h1-7H,(H2,12,13). The molecule has 0 spiro atoms. The summed E-state index contributed by atoms with van der Waals surface area (Å²) in [5.41, 5.74) is 5.52. The molecule has 0 aliphatic heterocycles. The van der Waals surface area contributed by atoms with Gasteiger partial charge in [-0.25, -0.2) is 4.98 Å². The van der Waals surface area contributed by atoms with Crippen LogP contribution >= 0.6 is 0 Å². The molecule has 0 unspecified atom stereocenters. The highest BCUT2D eigenvalue weighted by Gasteiger charge is 2.09. The van der Waals surface area contributed by atoms with Crippen LogP contribution in [0.3, 0.4) is 0 Å². The first-order valence-corrected chi connectivity index (χ1v) is 4.62. The highest BCUT2D eigenvalue weighted by Crippen LogP contribution is 2.34. The van der Waals surface area contributed by atoms with Crippen LogP contribution in [0.1, 0.15) is 0 Å². The smallest absolute Gasteiger partial charge is 0.192 e. The highest BCUT2D eigenvalue weighted by atomic mass is 16.5. The van der Waals surface area contributed by atoms with Crippen LogP contribution in [0.5, 0.6) is 11.5 Å². The second-order valence-corrected chi connectivity index (χ2v) is 3.05. The van der Waals surface area contributed by atoms with E-state index in [9.17, 15) is 4.91 Å². The zero-order valence-electron chi connectivity index (χ0n) is 8.33. The van der Waals surface area contributed by atoms with E-state index in [4.69, 9.17) is 10.5 Å². The van der Waals surface area contributed by atoms with Crippen LogP contribution in [-0.4, -0.2) is 4.98 Å². The van der Waals surface area contributed by atoms with Crippen LogP contribution in [0.15, 0.2) is 47.8 Å². The molecule has 16 heavy (non-hydrogen) atoms. The maximum absolute atomic E-state index is 10.6. The molecule has 2 N–H and O–H groups in total. The Labute approximate surface area is 91.9 Å². The Bertz CT molecular complexity index is 500. The molecule has 1 aromatic carbocycles. The van der Waals surface area contributed by atoms with E-state index in [1.54, 1.807) is 18.2 Å². The summed E-state index contributed by atoms with van der Waals surface area (Å²) in [7, 11) is 0. The fourth-order valence-corrected chi connectivity index (χ4v) is 1.24. The number of nitrogen functional groups attached to an aromatic ring is 1. The Morgan fingerprint density at radius 1 is 1.19 bits per heavy atom. The summed E-state index contributed by atoms with van der Waals surface area (Å²) < 4.78 is 5.47. The topological polar surface area (TPSA) is 77.6 Å². The number of nitroso groups, excluding NO2 is 1. The van der Waals surface area contributed by atoms with Crippen molar-refractivity contribution in [3.05, 3.63) is 47.5 Å². The molecule has 0 saturated heterocycles. The van der Waals surface area contributed by atoms with Gasteiger partial charge in [0.05, 0.1) is 0 Å². The van der Waals surface area contributed by atoms with Gasteiger partial charge in [-0.05, 0) is 17.3 Å². The van der Waals surface area contributed by atoms with Gasteiger partial charge in [0.1, 0.15) is 5.75 Å². The molecule has 0 atom stereocenters. The summed E-state index contributed by atoms with van der Waals surface area (Å²) in [6, 6.07) is 10.6. The third-order valence-electron chi connectivity index (χ3n) is 1.98. The van der Waals surface area contributed by atoms with E-state index in [-0.39, 0.29) is 11.5 Å². The fourth-order valence-electron chi connectivity index (χ4n) is 1.24. The molecule has 2 rings (SSSR count). The summed E-state index contributed by atoms with van der Waals surface area (Å²) in [5.74, 6) is 0.968. The molecule has 0 saturated carbocycles. The first-order valence-electron chi connectivity index (χ1n) is 4.62. The van der Waals surface area contributed by atoms with E-state index in [0.717, 1.165) is 0 Å². The number of pyridine rings is 1. The summed E-state index contributed by atoms with van der Waals surface area (Å²) in [5, 5.41) is 2.80. The molecule has 0 radical (unpaired) electrons. The van der Waals surface area contributed by atoms with Gasteiger partial charge in [-0.1, -0.05) is 18.2 Å². The predicted octanol–water partition coefficient (Wildman–Crippen LogP) is 2.85. The molecule has 0 fully saturated rings. The van der Waals surface area contributed by atoms with E-state index >= 15 is 0 Å². The number of benzene rings is 1. The van der Waals surface area contributed by atoms with Crippen molar-refractivity contribution < 1.29 is 4.74 Å². The number of hydrogen-bond donors (Lipinski definition) is 1. The Morgan fingerprint density at radius 2 is 1.94 bits per heavy atom. The van der Waals surface area contributed by atoms with Crippen molar-refractivity contribution in [1.82, 2.24) is 4.98 Å². The molecule has 1 aromatic heterocycles. The molecular formula is C11H9N3O2. The van der Waals surface area contributed by atoms with Crippen LogP contribution in [-0.2, 0) is 0 Å². The van der Waals surface area contributed by atoms with Gasteiger partial charge in [-0.2, -0.15) is 0 Å². The van der Waals surface area contributed by atoms with Crippen molar-refractivity contribution in [1.29, 1.82) is 0 Å². The van der Waals surface area contributed by atoms with E-state index in [1.165, 1.54) is 6.20 Å². The summed E-state index contributed by atoms with van der Waals surface area (Å²) >= 11 is 0. The molecule has 80 valence electrons. The lowest BCUT2D eigenvalue weighted by molar-refractivity contribution is 0.483. The molecular weight excluding hydrogens is 206 g/mol. The number of para-hydroxylation sites is 1. The summed E-state index contributed by atoms with van der Waals surface area (Å²) in [4.78, 5) is 14.3. The number of ether oxygens (including phenoxy) is 1. The van der Waals surface area contributed by atoms with Gasteiger partial charge < -0.3 is 10.5 Å². The predicted molar refractivity (Wildman–Crippen MR) is 60.6 cm³/mol. The van der Waals surface area contributed by atoms with Gasteiger partial charge in [-0.3, -0.25) is 0 Å². The van der Waals surface area contributed by atoms with E-state index in [1.807, 2.05) is 18.2 Å². The van der Waals surface area contributed by atoms with Crippen molar-refractivity contribution in [2.45, 2.75) is 0 Å². The quantitative estimate of drug-likeness (QED) is 0.798. The van der Waals surface area contributed by atoms with Gasteiger partial charge in [0, 0.05) is 12.3 Å². The van der Waals surface area contributed by atoms with Crippen LogP contribution in [0.25, 0.3) is 0 Å². The Morgan fingerprint density at radius 3 is 2.62 bits per heavy atom. The molecule has 1 heterocycles. The molecule has 0 aliphatic rings. The molecule has 0 aliphatic carbocycles. The second kappa shape index (κ2) is 4.39. The Hall–Kier alpha value is -2.43. The molecule has 5 heteroatoms. The first kappa shape index (κ1) is 10.1. The lowest BCUT2D eigenvalue weighted by Crippen LogP contribution is -1.92. The van der Waals surface area contributed by atoms with Crippen LogP contribution < -0.4 is 10.5 Å². The van der Waals surface area contributed by atoms with Crippen molar-refractivity contribution in [2.75, 3.05) is 5.73 Å². The van der Waals surface area contributed by atoms with Gasteiger partial charge in [0.15, 0.2) is 17.3 Å². The van der Waals surface area contributed by atoms with Crippen LogP contribution in [0.4, 0.5) is 11.5 Å². The Balaban J connectivity index is 2.35. The van der Waals surface area contributed by atoms with Gasteiger partial charge in [-0.15, -0.1) is 4.91 Å². The zero-order valence-corrected chi connectivity index (χ0v) is 8.33. The lowest BCUT2D eigenvalue weighted by Gasteiger charge is -2.07. The highest BCUT2D eigenvalue weighted by molar-refractivity contribution is 5.66. The molecule has 5 nitrogen and oxygen atoms in total. The average molecular weight is 215 g/mol. The van der Waals surface area contributed by atoms with Gasteiger partial charge in [0.2, 0.25) is 0 Å². The van der Waals surface area contributed by atoms with Gasteiger partial charge >= 0.3 is 0 Å². The zero-order chi connectivity index (χ0) is 11.4. The third-order valence-corrected chi connectivity index (χ3v) is 1.98. The van der Waals surface area contributed by atoms with Crippen molar-refractivity contribution in [2.24, 2.45) is 5.18 Å². The molecule has 0 amide bonds. The SMILES string of the molecule is Nc1nccc(Oc2ccccc2)c1N=O. The fraction of sp³-hybridized carbons (Fsp3) is 0. The largest absolute Gasteiger partial charge is 0.455 e.